The molecule has 132 valence electrons. The first-order valence-corrected chi connectivity index (χ1v) is 9.12. The Bertz CT molecular complexity index is 869. The third kappa shape index (κ3) is 3.64. The highest BCUT2D eigenvalue weighted by molar-refractivity contribution is 5.80. The molecule has 3 N–H and O–H groups in total. The lowest BCUT2D eigenvalue weighted by Gasteiger charge is -2.20. The fourth-order valence-electron chi connectivity index (χ4n) is 3.53. The number of fused-ring (bicyclic) bond motifs is 2. The summed E-state index contributed by atoms with van der Waals surface area (Å²) in [6, 6.07) is 16.4. The van der Waals surface area contributed by atoms with Gasteiger partial charge in [0.05, 0.1) is 12.6 Å². The van der Waals surface area contributed by atoms with Crippen LogP contribution in [0.5, 0.6) is 0 Å². The highest BCUT2D eigenvalue weighted by Gasteiger charge is 2.23. The maximum atomic E-state index is 12.5. The van der Waals surface area contributed by atoms with Crippen LogP contribution in [-0.4, -0.2) is 12.5 Å². The van der Waals surface area contributed by atoms with Crippen molar-refractivity contribution in [2.24, 2.45) is 0 Å². The van der Waals surface area contributed by atoms with Gasteiger partial charge in [0.1, 0.15) is 0 Å². The molecule has 1 heterocycles. The minimum Gasteiger partial charge on any atom is -0.380 e. The molecule has 1 aliphatic carbocycles. The molecule has 4 rings (SSSR count). The van der Waals surface area contributed by atoms with E-state index in [1.807, 2.05) is 36.4 Å². The average Bonchev–Trinajstić information content (AvgIpc) is 2.84. The number of allylic oxidation sites excluding steroid dienone is 4. The highest BCUT2D eigenvalue weighted by Crippen LogP contribution is 2.34. The monoisotopic (exact) mass is 345 g/mol. The third-order valence-electron chi connectivity index (χ3n) is 4.87. The van der Waals surface area contributed by atoms with E-state index in [4.69, 9.17) is 0 Å². The molecule has 2 aromatic rings. The van der Waals surface area contributed by atoms with E-state index in [1.165, 1.54) is 5.56 Å². The first kappa shape index (κ1) is 16.5. The largest absolute Gasteiger partial charge is 0.380 e. The number of nitrogens with one attached hydrogen (secondary N) is 3. The standard InChI is InChI=1S/C22H23N3O/c26-22(15-23-17-9-2-1-3-10-17)25-21-14-16-8-4-6-12-19(16)24-20-13-7-5-11-18(20)21/h1-2,4-9,11-13,21,23-24H,3,10,14-15H2,(H,25,26). The molecule has 26 heavy (non-hydrogen) atoms. The van der Waals surface area contributed by atoms with E-state index in [1.54, 1.807) is 0 Å². The SMILES string of the molecule is O=C(CNC1=CC=CCC1)NC1Cc2ccccc2Nc2ccccc21. The summed E-state index contributed by atoms with van der Waals surface area (Å²) in [5, 5.41) is 9.97. The molecular weight excluding hydrogens is 322 g/mol. The Morgan fingerprint density at radius 2 is 1.88 bits per heavy atom. The molecule has 4 nitrogen and oxygen atoms in total. The fraction of sp³-hybridized carbons (Fsp3) is 0.227. The van der Waals surface area contributed by atoms with Gasteiger partial charge in [-0.15, -0.1) is 0 Å². The Morgan fingerprint density at radius 3 is 2.73 bits per heavy atom. The summed E-state index contributed by atoms with van der Waals surface area (Å²) in [4.78, 5) is 12.5. The van der Waals surface area contributed by atoms with Gasteiger partial charge < -0.3 is 16.0 Å². The number of para-hydroxylation sites is 2. The zero-order chi connectivity index (χ0) is 17.8. The van der Waals surface area contributed by atoms with Crippen molar-refractivity contribution in [3.63, 3.8) is 0 Å². The summed E-state index contributed by atoms with van der Waals surface area (Å²) >= 11 is 0. The molecule has 1 unspecified atom stereocenters. The van der Waals surface area contributed by atoms with Crippen LogP contribution in [0.3, 0.4) is 0 Å². The van der Waals surface area contributed by atoms with Crippen LogP contribution in [0.25, 0.3) is 0 Å². The second-order valence-electron chi connectivity index (χ2n) is 6.71. The second-order valence-corrected chi connectivity index (χ2v) is 6.71. The Balaban J connectivity index is 1.50. The Kier molecular flexibility index (Phi) is 4.73. The molecule has 4 heteroatoms. The summed E-state index contributed by atoms with van der Waals surface area (Å²) in [5.41, 5.74) is 5.61. The fourth-order valence-corrected chi connectivity index (χ4v) is 3.53. The number of rotatable bonds is 4. The van der Waals surface area contributed by atoms with Gasteiger partial charge >= 0.3 is 0 Å². The van der Waals surface area contributed by atoms with Crippen molar-refractivity contribution in [1.29, 1.82) is 0 Å². The van der Waals surface area contributed by atoms with Gasteiger partial charge in [0, 0.05) is 17.1 Å². The van der Waals surface area contributed by atoms with Gasteiger partial charge in [-0.05, 0) is 48.6 Å². The zero-order valence-corrected chi connectivity index (χ0v) is 14.7. The summed E-state index contributed by atoms with van der Waals surface area (Å²) in [6.45, 7) is 0.299. The molecule has 1 aliphatic heterocycles. The van der Waals surface area contributed by atoms with E-state index in [0.717, 1.165) is 41.9 Å². The molecule has 0 aromatic heterocycles. The molecule has 0 radical (unpaired) electrons. The Hall–Kier alpha value is -3.01. The molecule has 1 amide bonds. The first-order valence-electron chi connectivity index (χ1n) is 9.12. The normalized spacial score (nSPS) is 17.8. The predicted octanol–water partition coefficient (Wildman–Crippen LogP) is 3.97. The lowest BCUT2D eigenvalue weighted by molar-refractivity contribution is -0.120. The van der Waals surface area contributed by atoms with Gasteiger partial charge in [-0.25, -0.2) is 0 Å². The zero-order valence-electron chi connectivity index (χ0n) is 14.7. The molecule has 0 fully saturated rings. The van der Waals surface area contributed by atoms with Gasteiger partial charge in [-0.2, -0.15) is 0 Å². The average molecular weight is 345 g/mol. The molecule has 0 spiro atoms. The van der Waals surface area contributed by atoms with E-state index in [0.29, 0.717) is 6.54 Å². The van der Waals surface area contributed by atoms with E-state index in [9.17, 15) is 4.79 Å². The smallest absolute Gasteiger partial charge is 0.239 e. The first-order chi connectivity index (χ1) is 12.8. The molecule has 2 aliphatic rings. The molecule has 0 saturated heterocycles. The topological polar surface area (TPSA) is 53.2 Å². The molecular formula is C22H23N3O. The van der Waals surface area contributed by atoms with Crippen LogP contribution in [0, 0.1) is 0 Å². The van der Waals surface area contributed by atoms with Crippen LogP contribution >= 0.6 is 0 Å². The number of anilines is 2. The van der Waals surface area contributed by atoms with Crippen LogP contribution in [-0.2, 0) is 11.2 Å². The van der Waals surface area contributed by atoms with E-state index >= 15 is 0 Å². The number of carbonyl (C=O) groups is 1. The molecule has 0 bridgehead atoms. The highest BCUT2D eigenvalue weighted by atomic mass is 16.2. The quantitative estimate of drug-likeness (QED) is 0.786. The van der Waals surface area contributed by atoms with Gasteiger partial charge in [0.15, 0.2) is 0 Å². The van der Waals surface area contributed by atoms with Crippen molar-refractivity contribution in [2.45, 2.75) is 25.3 Å². The predicted molar refractivity (Wildman–Crippen MR) is 105 cm³/mol. The lowest BCUT2D eigenvalue weighted by atomic mass is 9.99. The minimum atomic E-state index is -0.0446. The van der Waals surface area contributed by atoms with Crippen molar-refractivity contribution in [3.8, 4) is 0 Å². The van der Waals surface area contributed by atoms with Crippen molar-refractivity contribution in [2.75, 3.05) is 11.9 Å². The number of hydrogen-bond donors (Lipinski definition) is 3. The van der Waals surface area contributed by atoms with Crippen LogP contribution < -0.4 is 16.0 Å². The van der Waals surface area contributed by atoms with Gasteiger partial charge in [0.25, 0.3) is 0 Å². The van der Waals surface area contributed by atoms with E-state index < -0.39 is 0 Å². The molecule has 0 saturated carbocycles. The summed E-state index contributed by atoms with van der Waals surface area (Å²) in [7, 11) is 0. The van der Waals surface area contributed by atoms with E-state index in [-0.39, 0.29) is 11.9 Å². The van der Waals surface area contributed by atoms with Gasteiger partial charge in [-0.3, -0.25) is 4.79 Å². The van der Waals surface area contributed by atoms with Crippen molar-refractivity contribution < 1.29 is 4.79 Å². The number of carbonyl (C=O) groups excluding carboxylic acids is 1. The minimum absolute atomic E-state index is 0.0136. The summed E-state index contributed by atoms with van der Waals surface area (Å²) in [5.74, 6) is 0.0136. The maximum Gasteiger partial charge on any atom is 0.239 e. The van der Waals surface area contributed by atoms with Gasteiger partial charge in [-0.1, -0.05) is 48.6 Å². The Morgan fingerprint density at radius 1 is 1.08 bits per heavy atom. The maximum absolute atomic E-state index is 12.5. The van der Waals surface area contributed by atoms with Crippen LogP contribution in [0.1, 0.15) is 30.0 Å². The van der Waals surface area contributed by atoms with Crippen molar-refractivity contribution in [1.82, 2.24) is 10.6 Å². The second kappa shape index (κ2) is 7.48. The Labute approximate surface area is 154 Å². The number of benzene rings is 2. The summed E-state index contributed by atoms with van der Waals surface area (Å²) in [6.07, 6.45) is 8.98. The van der Waals surface area contributed by atoms with Crippen molar-refractivity contribution >= 4 is 17.3 Å². The molecule has 2 aromatic carbocycles. The third-order valence-corrected chi connectivity index (χ3v) is 4.87. The van der Waals surface area contributed by atoms with Crippen LogP contribution in [0.2, 0.25) is 0 Å². The van der Waals surface area contributed by atoms with Crippen LogP contribution in [0.4, 0.5) is 11.4 Å². The van der Waals surface area contributed by atoms with Gasteiger partial charge in [0.2, 0.25) is 5.91 Å². The lowest BCUT2D eigenvalue weighted by Crippen LogP contribution is -2.36. The van der Waals surface area contributed by atoms with Crippen molar-refractivity contribution in [3.05, 3.63) is 83.6 Å². The number of hydrogen-bond acceptors (Lipinski definition) is 3. The van der Waals surface area contributed by atoms with E-state index in [2.05, 4.69) is 46.3 Å². The molecule has 1 atom stereocenters. The van der Waals surface area contributed by atoms with Crippen LogP contribution in [0.15, 0.2) is 72.5 Å². The number of amides is 1. The summed E-state index contributed by atoms with van der Waals surface area (Å²) < 4.78 is 0.